The SMILES string of the molecule is CCCCc1ccc(N2c3ccccc3B(c3ccc(C(F)(F)F)cc3)c3cc4c(cc32)N(c2ccccc2)c2ccccc2B4c2ccc(C(F)(F)F)cc2)cc1. The molecule has 7 aromatic carbocycles. The fourth-order valence-corrected chi connectivity index (χ4v) is 8.70. The Labute approximate surface area is 334 Å². The number of aryl methyl sites for hydroxylation is 1. The van der Waals surface area contributed by atoms with Crippen molar-refractivity contribution in [3.8, 4) is 0 Å². The van der Waals surface area contributed by atoms with Crippen LogP contribution in [0.25, 0.3) is 0 Å². The zero-order valence-corrected chi connectivity index (χ0v) is 31.5. The molecule has 0 fully saturated rings. The third kappa shape index (κ3) is 6.64. The second-order valence-electron chi connectivity index (χ2n) is 15.0. The Kier molecular flexibility index (Phi) is 9.46. The predicted molar refractivity (Wildman–Crippen MR) is 227 cm³/mol. The predicted octanol–water partition coefficient (Wildman–Crippen LogP) is 9.67. The van der Waals surface area contributed by atoms with Crippen LogP contribution in [0.5, 0.6) is 0 Å². The van der Waals surface area contributed by atoms with Crippen molar-refractivity contribution in [1.29, 1.82) is 0 Å². The van der Waals surface area contributed by atoms with Gasteiger partial charge in [0, 0.05) is 34.1 Å². The first kappa shape index (κ1) is 37.4. The average molecular weight is 776 g/mol. The molecule has 286 valence electrons. The monoisotopic (exact) mass is 776 g/mol. The van der Waals surface area contributed by atoms with Crippen molar-refractivity contribution in [3.05, 3.63) is 180 Å². The van der Waals surface area contributed by atoms with E-state index in [0.29, 0.717) is 10.9 Å². The number of benzene rings is 7. The zero-order chi connectivity index (χ0) is 40.2. The molecular formula is C48H36B2F6N2. The molecule has 2 nitrogen and oxygen atoms in total. The number of fused-ring (bicyclic) bond motifs is 4. The summed E-state index contributed by atoms with van der Waals surface area (Å²) in [7, 11) is 0. The third-order valence-electron chi connectivity index (χ3n) is 11.4. The smallest absolute Gasteiger partial charge is 0.311 e. The van der Waals surface area contributed by atoms with Crippen LogP contribution >= 0.6 is 0 Å². The molecule has 0 saturated heterocycles. The highest BCUT2D eigenvalue weighted by atomic mass is 19.4. The van der Waals surface area contributed by atoms with Gasteiger partial charge in [0.1, 0.15) is 0 Å². The lowest BCUT2D eigenvalue weighted by Crippen LogP contribution is -2.62. The van der Waals surface area contributed by atoms with Crippen molar-refractivity contribution in [2.24, 2.45) is 0 Å². The van der Waals surface area contributed by atoms with Crippen molar-refractivity contribution in [2.45, 2.75) is 38.5 Å². The van der Waals surface area contributed by atoms with E-state index in [1.807, 2.05) is 72.8 Å². The van der Waals surface area contributed by atoms with Crippen LogP contribution in [0, 0.1) is 0 Å². The molecule has 10 heteroatoms. The Morgan fingerprint density at radius 1 is 0.431 bits per heavy atom. The molecule has 0 N–H and O–H groups in total. The number of halogens is 6. The van der Waals surface area contributed by atoms with E-state index in [9.17, 15) is 26.3 Å². The van der Waals surface area contributed by atoms with Crippen LogP contribution in [0.4, 0.5) is 60.5 Å². The van der Waals surface area contributed by atoms with Crippen LogP contribution in [0.15, 0.2) is 164 Å². The standard InChI is InChI=1S/C48H36B2F6N2/c1-2-3-11-32-18-28-38(29-19-32)58-44-17-10-8-15-40(44)50(36-26-22-34(23-27-36)48(54,55)56)42-30-41-45(31-46(42)58)57(37-12-5-4-6-13-37)43-16-9-7-14-39(43)49(41)35-24-20-33(21-25-35)47(51,52)53/h4-10,12-31H,2-3,11H2,1H3. The van der Waals surface area contributed by atoms with Crippen LogP contribution in [0.3, 0.4) is 0 Å². The normalized spacial score (nSPS) is 13.5. The Balaban J connectivity index is 1.33. The number of hydrogen-bond acceptors (Lipinski definition) is 2. The maximum atomic E-state index is 13.9. The number of anilines is 6. The highest BCUT2D eigenvalue weighted by Crippen LogP contribution is 2.42. The maximum Gasteiger partial charge on any atom is 0.416 e. The number of para-hydroxylation sites is 3. The summed E-state index contributed by atoms with van der Waals surface area (Å²) in [5.41, 5.74) is 10.1. The minimum absolute atomic E-state index is 0.463. The van der Waals surface area contributed by atoms with E-state index in [1.165, 1.54) is 5.56 Å². The van der Waals surface area contributed by atoms with Gasteiger partial charge in [0.2, 0.25) is 13.4 Å². The van der Waals surface area contributed by atoms with E-state index < -0.39 is 36.9 Å². The van der Waals surface area contributed by atoms with Crippen molar-refractivity contribution in [2.75, 3.05) is 9.80 Å². The van der Waals surface area contributed by atoms with E-state index in [0.717, 1.165) is 99.5 Å². The minimum Gasteiger partial charge on any atom is -0.311 e. The highest BCUT2D eigenvalue weighted by Gasteiger charge is 2.42. The van der Waals surface area contributed by atoms with Gasteiger partial charge >= 0.3 is 12.4 Å². The molecule has 2 heterocycles. The summed E-state index contributed by atoms with van der Waals surface area (Å²) in [4.78, 5) is 4.43. The number of rotatable bonds is 7. The summed E-state index contributed by atoms with van der Waals surface area (Å²) >= 11 is 0. The van der Waals surface area contributed by atoms with Crippen LogP contribution < -0.4 is 42.6 Å². The van der Waals surface area contributed by atoms with Crippen molar-refractivity contribution >= 4 is 80.3 Å². The van der Waals surface area contributed by atoms with Gasteiger partial charge in [-0.15, -0.1) is 0 Å². The molecule has 0 aliphatic carbocycles. The van der Waals surface area contributed by atoms with Crippen molar-refractivity contribution < 1.29 is 26.3 Å². The fourth-order valence-electron chi connectivity index (χ4n) is 8.70. The maximum absolute atomic E-state index is 13.9. The van der Waals surface area contributed by atoms with Crippen LogP contribution in [0.2, 0.25) is 0 Å². The Morgan fingerprint density at radius 3 is 1.31 bits per heavy atom. The van der Waals surface area contributed by atoms with Gasteiger partial charge in [0.25, 0.3) is 0 Å². The fraction of sp³-hybridized carbons (Fsp3) is 0.125. The van der Waals surface area contributed by atoms with Crippen LogP contribution in [-0.2, 0) is 18.8 Å². The number of alkyl halides is 6. The molecule has 7 aromatic rings. The van der Waals surface area contributed by atoms with Crippen molar-refractivity contribution in [1.82, 2.24) is 0 Å². The van der Waals surface area contributed by atoms with Gasteiger partial charge in [-0.3, -0.25) is 0 Å². The number of unbranched alkanes of at least 4 members (excludes halogenated alkanes) is 1. The number of hydrogen-bond donors (Lipinski definition) is 0. The van der Waals surface area contributed by atoms with Gasteiger partial charge in [-0.2, -0.15) is 26.3 Å². The van der Waals surface area contributed by atoms with E-state index >= 15 is 0 Å². The molecule has 2 aliphatic heterocycles. The molecule has 0 atom stereocenters. The Bertz CT molecular complexity index is 2590. The van der Waals surface area contributed by atoms with Crippen molar-refractivity contribution in [3.63, 3.8) is 0 Å². The molecule has 58 heavy (non-hydrogen) atoms. The summed E-state index contributed by atoms with van der Waals surface area (Å²) in [5.74, 6) is 0. The Morgan fingerprint density at radius 2 is 0.862 bits per heavy atom. The van der Waals surface area contributed by atoms with Gasteiger partial charge in [-0.05, 0) is 82.7 Å². The number of nitrogens with zero attached hydrogens (tertiary/aromatic N) is 2. The molecule has 0 spiro atoms. The Hall–Kier alpha value is -6.15. The molecule has 0 bridgehead atoms. The highest BCUT2D eigenvalue weighted by molar-refractivity contribution is 7.00. The van der Waals surface area contributed by atoms with E-state index in [2.05, 4.69) is 59.2 Å². The minimum atomic E-state index is -4.50. The van der Waals surface area contributed by atoms with Gasteiger partial charge in [0.05, 0.1) is 11.1 Å². The summed E-state index contributed by atoms with van der Waals surface area (Å²) < 4.78 is 83.2. The molecule has 9 rings (SSSR count). The molecule has 0 aromatic heterocycles. The zero-order valence-electron chi connectivity index (χ0n) is 31.5. The lowest BCUT2D eigenvalue weighted by molar-refractivity contribution is -0.138. The van der Waals surface area contributed by atoms with Crippen LogP contribution in [-0.4, -0.2) is 13.4 Å². The summed E-state index contributed by atoms with van der Waals surface area (Å²) in [5, 5.41) is 0. The first-order valence-corrected chi connectivity index (χ1v) is 19.5. The second-order valence-corrected chi connectivity index (χ2v) is 15.0. The molecule has 0 unspecified atom stereocenters. The van der Waals surface area contributed by atoms with Gasteiger partial charge < -0.3 is 9.80 Å². The average Bonchev–Trinajstić information content (AvgIpc) is 3.23. The summed E-state index contributed by atoms with van der Waals surface area (Å²) in [6.07, 6.45) is -5.87. The molecular weight excluding hydrogens is 740 g/mol. The van der Waals surface area contributed by atoms with Crippen LogP contribution in [0.1, 0.15) is 36.5 Å². The van der Waals surface area contributed by atoms with E-state index in [4.69, 9.17) is 0 Å². The topological polar surface area (TPSA) is 6.48 Å². The van der Waals surface area contributed by atoms with E-state index in [1.54, 1.807) is 24.3 Å². The van der Waals surface area contributed by atoms with Gasteiger partial charge in [-0.25, -0.2) is 0 Å². The third-order valence-corrected chi connectivity index (χ3v) is 11.4. The quantitative estimate of drug-likeness (QED) is 0.118. The van der Waals surface area contributed by atoms with Gasteiger partial charge in [0.15, 0.2) is 0 Å². The molecule has 0 amide bonds. The molecule has 0 radical (unpaired) electrons. The second kappa shape index (κ2) is 14.7. The lowest BCUT2D eigenvalue weighted by atomic mass is 9.31. The summed E-state index contributed by atoms with van der Waals surface area (Å²) in [6.45, 7) is 1.24. The lowest BCUT2D eigenvalue weighted by Gasteiger charge is -2.42. The first-order chi connectivity index (χ1) is 28.0. The molecule has 0 saturated carbocycles. The first-order valence-electron chi connectivity index (χ1n) is 19.5. The largest absolute Gasteiger partial charge is 0.416 e. The van der Waals surface area contributed by atoms with E-state index in [-0.39, 0.29) is 0 Å². The summed E-state index contributed by atoms with van der Waals surface area (Å²) in [6, 6.07) is 49.5. The van der Waals surface area contributed by atoms with Gasteiger partial charge in [-0.1, -0.05) is 146 Å². The molecule has 2 aliphatic rings.